The Kier molecular flexibility index (Phi) is 5.71. The smallest absolute Gasteiger partial charge is 0.422 e. The fourth-order valence-corrected chi connectivity index (χ4v) is 1.13. The molecule has 0 heterocycles. The van der Waals surface area contributed by atoms with Gasteiger partial charge in [0.1, 0.15) is 11.6 Å². The van der Waals surface area contributed by atoms with Crippen molar-refractivity contribution in [1.82, 2.24) is 0 Å². The summed E-state index contributed by atoms with van der Waals surface area (Å²) in [4.78, 5) is 0. The second-order valence-electron chi connectivity index (χ2n) is 3.38. The maximum Gasteiger partial charge on any atom is 0.422 e. The number of rotatable bonds is 3. The molecule has 0 radical (unpaired) electrons. The Bertz CT molecular complexity index is 368. The molecule has 0 saturated heterocycles. The lowest BCUT2D eigenvalue weighted by Gasteiger charge is -2.11. The first-order chi connectivity index (χ1) is 7.29. The molecule has 0 fully saturated rings. The Balaban J connectivity index is 0.00000256. The Morgan fingerprint density at radius 1 is 1.35 bits per heavy atom. The van der Waals surface area contributed by atoms with Gasteiger partial charge in [0.25, 0.3) is 0 Å². The molecular weight excluding hydrogens is 262 g/mol. The summed E-state index contributed by atoms with van der Waals surface area (Å²) in [6.07, 6.45) is -4.43. The molecule has 2 nitrogen and oxygen atoms in total. The molecule has 0 aliphatic carbocycles. The first-order valence-electron chi connectivity index (χ1n) is 4.54. The van der Waals surface area contributed by atoms with Crippen molar-refractivity contribution < 1.29 is 22.3 Å². The largest absolute Gasteiger partial charge is 0.484 e. The average Bonchev–Trinajstić information content (AvgIpc) is 2.13. The first kappa shape index (κ1) is 16.0. The van der Waals surface area contributed by atoms with E-state index in [0.29, 0.717) is 0 Å². The van der Waals surface area contributed by atoms with E-state index in [4.69, 9.17) is 5.73 Å². The monoisotopic (exact) mass is 273 g/mol. The molecule has 98 valence electrons. The zero-order valence-electron chi connectivity index (χ0n) is 8.92. The summed E-state index contributed by atoms with van der Waals surface area (Å²) < 4.78 is 53.1. The Morgan fingerprint density at radius 2 is 1.94 bits per heavy atom. The minimum absolute atomic E-state index is 0. The standard InChI is InChI=1S/C10H11F4NO.ClH/c1-6(15)8-3-2-7(4-9(8)11)16-5-10(12,13)14;/h2-4,6H,5,15H2,1H3;1H. The molecule has 0 amide bonds. The summed E-state index contributed by atoms with van der Waals surface area (Å²) >= 11 is 0. The average molecular weight is 274 g/mol. The molecule has 0 bridgehead atoms. The van der Waals surface area contributed by atoms with E-state index in [1.54, 1.807) is 6.92 Å². The van der Waals surface area contributed by atoms with E-state index in [1.807, 2.05) is 0 Å². The van der Waals surface area contributed by atoms with Gasteiger partial charge in [-0.3, -0.25) is 0 Å². The van der Waals surface area contributed by atoms with Gasteiger partial charge in [0, 0.05) is 17.7 Å². The molecule has 1 rings (SSSR count). The fourth-order valence-electron chi connectivity index (χ4n) is 1.13. The topological polar surface area (TPSA) is 35.2 Å². The molecule has 1 aromatic carbocycles. The number of hydrogen-bond donors (Lipinski definition) is 1. The Morgan fingerprint density at radius 3 is 2.35 bits per heavy atom. The molecule has 7 heteroatoms. The fraction of sp³-hybridized carbons (Fsp3) is 0.400. The number of nitrogens with two attached hydrogens (primary N) is 1. The van der Waals surface area contributed by atoms with Crippen molar-refractivity contribution in [1.29, 1.82) is 0 Å². The third-order valence-corrected chi connectivity index (χ3v) is 1.86. The van der Waals surface area contributed by atoms with Gasteiger partial charge >= 0.3 is 6.18 Å². The van der Waals surface area contributed by atoms with Crippen LogP contribution in [0.5, 0.6) is 5.75 Å². The van der Waals surface area contributed by atoms with E-state index in [-0.39, 0.29) is 23.7 Å². The number of halogens is 5. The molecule has 17 heavy (non-hydrogen) atoms. The van der Waals surface area contributed by atoms with Crippen LogP contribution in [-0.4, -0.2) is 12.8 Å². The van der Waals surface area contributed by atoms with Crippen molar-refractivity contribution in [3.05, 3.63) is 29.6 Å². The minimum Gasteiger partial charge on any atom is -0.484 e. The van der Waals surface area contributed by atoms with E-state index in [0.717, 1.165) is 6.07 Å². The lowest BCUT2D eigenvalue weighted by molar-refractivity contribution is -0.153. The maximum absolute atomic E-state index is 13.3. The molecule has 0 saturated carbocycles. The lowest BCUT2D eigenvalue weighted by atomic mass is 10.1. The molecule has 2 N–H and O–H groups in total. The summed E-state index contributed by atoms with van der Waals surface area (Å²) in [5, 5.41) is 0. The van der Waals surface area contributed by atoms with Gasteiger partial charge in [-0.15, -0.1) is 12.4 Å². The zero-order chi connectivity index (χ0) is 12.3. The highest BCUT2D eigenvalue weighted by molar-refractivity contribution is 5.85. The SMILES string of the molecule is CC(N)c1ccc(OCC(F)(F)F)cc1F.Cl. The number of ether oxygens (including phenoxy) is 1. The molecule has 0 aromatic heterocycles. The summed E-state index contributed by atoms with van der Waals surface area (Å²) in [6.45, 7) is 0.138. The molecule has 1 aromatic rings. The van der Waals surface area contributed by atoms with Crippen LogP contribution in [0.1, 0.15) is 18.5 Å². The lowest BCUT2D eigenvalue weighted by Crippen LogP contribution is -2.19. The van der Waals surface area contributed by atoms with Crippen molar-refractivity contribution >= 4 is 12.4 Å². The highest BCUT2D eigenvalue weighted by Crippen LogP contribution is 2.22. The van der Waals surface area contributed by atoms with Crippen LogP contribution >= 0.6 is 12.4 Å². The second kappa shape index (κ2) is 6.07. The molecule has 1 unspecified atom stereocenters. The van der Waals surface area contributed by atoms with Crippen LogP contribution < -0.4 is 10.5 Å². The quantitative estimate of drug-likeness (QED) is 0.859. The summed E-state index contributed by atoms with van der Waals surface area (Å²) in [6, 6.07) is 2.94. The second-order valence-corrected chi connectivity index (χ2v) is 3.38. The van der Waals surface area contributed by atoms with Crippen LogP contribution in [0.2, 0.25) is 0 Å². The normalized spacial score (nSPS) is 12.8. The number of hydrogen-bond acceptors (Lipinski definition) is 2. The van der Waals surface area contributed by atoms with Gasteiger partial charge in [0.15, 0.2) is 6.61 Å². The highest BCUT2D eigenvalue weighted by Gasteiger charge is 2.28. The van der Waals surface area contributed by atoms with Gasteiger partial charge < -0.3 is 10.5 Å². The van der Waals surface area contributed by atoms with Crippen molar-refractivity contribution in [2.45, 2.75) is 19.1 Å². The van der Waals surface area contributed by atoms with Gasteiger partial charge in [-0.1, -0.05) is 6.07 Å². The van der Waals surface area contributed by atoms with E-state index in [1.165, 1.54) is 12.1 Å². The van der Waals surface area contributed by atoms with E-state index in [9.17, 15) is 17.6 Å². The highest BCUT2D eigenvalue weighted by atomic mass is 35.5. The number of benzene rings is 1. The van der Waals surface area contributed by atoms with Crippen molar-refractivity contribution in [2.75, 3.05) is 6.61 Å². The third-order valence-electron chi connectivity index (χ3n) is 1.86. The van der Waals surface area contributed by atoms with Crippen LogP contribution in [0.15, 0.2) is 18.2 Å². The van der Waals surface area contributed by atoms with E-state index >= 15 is 0 Å². The maximum atomic E-state index is 13.3. The van der Waals surface area contributed by atoms with Gasteiger partial charge in [0.05, 0.1) is 0 Å². The first-order valence-corrected chi connectivity index (χ1v) is 4.54. The zero-order valence-corrected chi connectivity index (χ0v) is 9.74. The van der Waals surface area contributed by atoms with Crippen LogP contribution in [0.4, 0.5) is 17.6 Å². The van der Waals surface area contributed by atoms with Crippen LogP contribution in [0.3, 0.4) is 0 Å². The van der Waals surface area contributed by atoms with E-state index < -0.39 is 24.6 Å². The predicted octanol–water partition coefficient (Wildman–Crippen LogP) is 3.21. The van der Waals surface area contributed by atoms with Gasteiger partial charge in [0.2, 0.25) is 0 Å². The van der Waals surface area contributed by atoms with Gasteiger partial charge in [-0.25, -0.2) is 4.39 Å². The predicted molar refractivity (Wildman–Crippen MR) is 57.8 cm³/mol. The molecule has 0 aliphatic heterocycles. The number of alkyl halides is 3. The van der Waals surface area contributed by atoms with Crippen LogP contribution in [-0.2, 0) is 0 Å². The van der Waals surface area contributed by atoms with Crippen molar-refractivity contribution in [3.8, 4) is 5.75 Å². The minimum atomic E-state index is -4.43. The van der Waals surface area contributed by atoms with Crippen LogP contribution in [0, 0.1) is 5.82 Å². The van der Waals surface area contributed by atoms with Crippen LogP contribution in [0.25, 0.3) is 0 Å². The van der Waals surface area contributed by atoms with E-state index in [2.05, 4.69) is 4.74 Å². The van der Waals surface area contributed by atoms with Crippen molar-refractivity contribution in [3.63, 3.8) is 0 Å². The van der Waals surface area contributed by atoms with Gasteiger partial charge in [-0.2, -0.15) is 13.2 Å². The molecule has 0 aliphatic rings. The summed E-state index contributed by atoms with van der Waals surface area (Å²) in [5.41, 5.74) is 5.68. The summed E-state index contributed by atoms with van der Waals surface area (Å²) in [7, 11) is 0. The molecular formula is C10H12ClF4NO. The molecule has 0 spiro atoms. The third kappa shape index (κ3) is 5.23. The Hall–Kier alpha value is -1.01. The summed E-state index contributed by atoms with van der Waals surface area (Å²) in [5.74, 6) is -0.839. The Labute approximate surface area is 102 Å². The van der Waals surface area contributed by atoms with Crippen molar-refractivity contribution in [2.24, 2.45) is 5.73 Å². The molecule has 1 atom stereocenters. The van der Waals surface area contributed by atoms with Gasteiger partial charge in [-0.05, 0) is 13.0 Å².